The molecule has 3 rings (SSSR count). The van der Waals surface area contributed by atoms with Crippen LogP contribution in [0.2, 0.25) is 0 Å². The molecule has 0 saturated carbocycles. The molecule has 1 atom stereocenters. The highest BCUT2D eigenvalue weighted by Gasteiger charge is 2.34. The first-order valence-electron chi connectivity index (χ1n) is 8.17. The van der Waals surface area contributed by atoms with Crippen LogP contribution in [0.4, 0.5) is 0 Å². The highest BCUT2D eigenvalue weighted by molar-refractivity contribution is 5.88. The first-order valence-corrected chi connectivity index (χ1v) is 8.17. The maximum Gasteiger partial charge on any atom is 0.357 e. The molecule has 1 saturated heterocycles. The zero-order valence-corrected chi connectivity index (χ0v) is 13.9. The zero-order chi connectivity index (χ0) is 17.0. The van der Waals surface area contributed by atoms with Gasteiger partial charge in [0.05, 0.1) is 31.8 Å². The topological polar surface area (TPSA) is 53.3 Å². The fourth-order valence-corrected chi connectivity index (χ4v) is 2.97. The Kier molecular flexibility index (Phi) is 4.81. The molecule has 0 bridgehead atoms. The quantitative estimate of drug-likeness (QED) is 0.624. The smallest absolute Gasteiger partial charge is 0.357 e. The Morgan fingerprint density at radius 2 is 2.08 bits per heavy atom. The second-order valence-corrected chi connectivity index (χ2v) is 6.04. The SMILES string of the molecule is C=CC1(OC(=O)c2cncn2[C@H](C)c2ccccc2)CCOCC1. The molecule has 1 aromatic heterocycles. The fraction of sp³-hybridized carbons (Fsp3) is 0.368. The first kappa shape index (κ1) is 16.5. The van der Waals surface area contributed by atoms with E-state index in [0.717, 1.165) is 5.56 Å². The van der Waals surface area contributed by atoms with E-state index in [1.165, 1.54) is 0 Å². The van der Waals surface area contributed by atoms with Crippen LogP contribution in [-0.4, -0.2) is 34.3 Å². The van der Waals surface area contributed by atoms with E-state index in [1.54, 1.807) is 18.6 Å². The Hall–Kier alpha value is -2.40. The van der Waals surface area contributed by atoms with E-state index in [-0.39, 0.29) is 12.0 Å². The Bertz CT molecular complexity index is 702. The van der Waals surface area contributed by atoms with Crippen LogP contribution in [0, 0.1) is 0 Å². The standard InChI is InChI=1S/C19H22N2O3/c1-3-19(9-11-23-12-10-19)24-18(22)17-13-20-14-21(17)15(2)16-7-5-4-6-8-16/h3-8,13-15H,1,9-12H2,2H3/t15-/m1/s1. The van der Waals surface area contributed by atoms with Crippen LogP contribution in [0.15, 0.2) is 55.5 Å². The second kappa shape index (κ2) is 7.01. The normalized spacial score (nSPS) is 17.9. The largest absolute Gasteiger partial charge is 0.450 e. The summed E-state index contributed by atoms with van der Waals surface area (Å²) in [5.41, 5.74) is 0.897. The summed E-state index contributed by atoms with van der Waals surface area (Å²) >= 11 is 0. The number of nitrogens with zero attached hydrogens (tertiary/aromatic N) is 2. The van der Waals surface area contributed by atoms with Gasteiger partial charge in [0.2, 0.25) is 0 Å². The first-order chi connectivity index (χ1) is 11.7. The van der Waals surface area contributed by atoms with E-state index in [9.17, 15) is 4.79 Å². The summed E-state index contributed by atoms with van der Waals surface area (Å²) < 4.78 is 13.0. The van der Waals surface area contributed by atoms with Gasteiger partial charge in [-0.05, 0) is 18.6 Å². The summed E-state index contributed by atoms with van der Waals surface area (Å²) in [5, 5.41) is 0. The minimum Gasteiger partial charge on any atom is -0.450 e. The van der Waals surface area contributed by atoms with E-state index in [0.29, 0.717) is 31.7 Å². The molecule has 0 N–H and O–H groups in total. The summed E-state index contributed by atoms with van der Waals surface area (Å²) in [5.74, 6) is -0.378. The van der Waals surface area contributed by atoms with E-state index < -0.39 is 5.60 Å². The molecular formula is C19H22N2O3. The van der Waals surface area contributed by atoms with Gasteiger partial charge in [0.25, 0.3) is 0 Å². The molecule has 0 amide bonds. The lowest BCUT2D eigenvalue weighted by Gasteiger charge is -2.34. The highest BCUT2D eigenvalue weighted by Crippen LogP contribution is 2.28. The number of carbonyl (C=O) groups is 1. The Labute approximate surface area is 141 Å². The van der Waals surface area contributed by atoms with Crippen LogP contribution in [0.5, 0.6) is 0 Å². The van der Waals surface area contributed by atoms with E-state index >= 15 is 0 Å². The number of aromatic nitrogens is 2. The minimum absolute atomic E-state index is 0.00868. The number of rotatable bonds is 5. The number of hydrogen-bond donors (Lipinski definition) is 0. The van der Waals surface area contributed by atoms with E-state index in [1.807, 2.05) is 41.8 Å². The number of benzene rings is 1. The Morgan fingerprint density at radius 3 is 2.75 bits per heavy atom. The number of esters is 1. The van der Waals surface area contributed by atoms with Gasteiger partial charge in [0.15, 0.2) is 0 Å². The molecular weight excluding hydrogens is 304 g/mol. The lowest BCUT2D eigenvalue weighted by Crippen LogP contribution is -2.39. The predicted octanol–water partition coefficient (Wildman–Crippen LogP) is 3.38. The summed E-state index contributed by atoms with van der Waals surface area (Å²) in [6.45, 7) is 7.01. The highest BCUT2D eigenvalue weighted by atomic mass is 16.6. The molecule has 5 heteroatoms. The van der Waals surface area contributed by atoms with Crippen LogP contribution in [-0.2, 0) is 9.47 Å². The van der Waals surface area contributed by atoms with Crippen molar-refractivity contribution in [2.75, 3.05) is 13.2 Å². The van der Waals surface area contributed by atoms with Crippen LogP contribution < -0.4 is 0 Å². The molecule has 24 heavy (non-hydrogen) atoms. The Morgan fingerprint density at radius 1 is 1.38 bits per heavy atom. The van der Waals surface area contributed by atoms with Crippen molar-refractivity contribution in [3.05, 3.63) is 66.8 Å². The summed E-state index contributed by atoms with van der Waals surface area (Å²) in [7, 11) is 0. The Balaban J connectivity index is 1.82. The molecule has 1 aliphatic rings. The molecule has 126 valence electrons. The van der Waals surface area contributed by atoms with Crippen LogP contribution in [0.1, 0.15) is 41.9 Å². The third-order valence-electron chi connectivity index (χ3n) is 4.58. The molecule has 0 radical (unpaired) electrons. The molecule has 0 spiro atoms. The average molecular weight is 326 g/mol. The van der Waals surface area contributed by atoms with Gasteiger partial charge in [-0.2, -0.15) is 0 Å². The van der Waals surface area contributed by atoms with Crippen LogP contribution in [0.25, 0.3) is 0 Å². The van der Waals surface area contributed by atoms with Gasteiger partial charge >= 0.3 is 5.97 Å². The van der Waals surface area contributed by atoms with Crippen molar-refractivity contribution in [1.82, 2.24) is 9.55 Å². The van der Waals surface area contributed by atoms with Gasteiger partial charge in [-0.3, -0.25) is 0 Å². The summed E-state index contributed by atoms with van der Waals surface area (Å²) in [4.78, 5) is 16.9. The van der Waals surface area contributed by atoms with Gasteiger partial charge in [-0.1, -0.05) is 36.9 Å². The summed E-state index contributed by atoms with van der Waals surface area (Å²) in [6, 6.07) is 9.99. The minimum atomic E-state index is -0.652. The number of carbonyl (C=O) groups excluding carboxylic acids is 1. The maximum atomic E-state index is 12.7. The molecule has 2 heterocycles. The average Bonchev–Trinajstić information content (AvgIpc) is 3.12. The number of ether oxygens (including phenoxy) is 2. The van der Waals surface area contributed by atoms with E-state index in [2.05, 4.69) is 11.6 Å². The lowest BCUT2D eigenvalue weighted by molar-refractivity contribution is -0.0540. The predicted molar refractivity (Wildman–Crippen MR) is 90.9 cm³/mol. The molecule has 2 aromatic rings. The van der Waals surface area contributed by atoms with Gasteiger partial charge in [-0.15, -0.1) is 0 Å². The zero-order valence-electron chi connectivity index (χ0n) is 13.9. The molecule has 1 fully saturated rings. The second-order valence-electron chi connectivity index (χ2n) is 6.04. The van der Waals surface area contributed by atoms with Crippen molar-refractivity contribution < 1.29 is 14.3 Å². The molecule has 0 aliphatic carbocycles. The third-order valence-corrected chi connectivity index (χ3v) is 4.58. The van der Waals surface area contributed by atoms with Crippen molar-refractivity contribution in [3.63, 3.8) is 0 Å². The monoisotopic (exact) mass is 326 g/mol. The number of imidazole rings is 1. The summed E-state index contributed by atoms with van der Waals surface area (Å²) in [6.07, 6.45) is 6.20. The van der Waals surface area contributed by atoms with E-state index in [4.69, 9.17) is 9.47 Å². The number of hydrogen-bond acceptors (Lipinski definition) is 4. The molecule has 1 aliphatic heterocycles. The fourth-order valence-electron chi connectivity index (χ4n) is 2.97. The van der Waals surface area contributed by atoms with Crippen LogP contribution in [0.3, 0.4) is 0 Å². The van der Waals surface area contributed by atoms with Gasteiger partial charge in [-0.25, -0.2) is 9.78 Å². The third kappa shape index (κ3) is 3.26. The van der Waals surface area contributed by atoms with Gasteiger partial charge < -0.3 is 14.0 Å². The van der Waals surface area contributed by atoms with Gasteiger partial charge in [0.1, 0.15) is 11.3 Å². The van der Waals surface area contributed by atoms with Crippen LogP contribution >= 0.6 is 0 Å². The molecule has 5 nitrogen and oxygen atoms in total. The van der Waals surface area contributed by atoms with Crippen molar-refractivity contribution in [1.29, 1.82) is 0 Å². The maximum absolute atomic E-state index is 12.7. The van der Waals surface area contributed by atoms with Crippen molar-refractivity contribution >= 4 is 5.97 Å². The van der Waals surface area contributed by atoms with Crippen molar-refractivity contribution in [2.45, 2.75) is 31.4 Å². The molecule has 1 aromatic carbocycles. The lowest BCUT2D eigenvalue weighted by atomic mass is 9.94. The van der Waals surface area contributed by atoms with Gasteiger partial charge in [0, 0.05) is 12.8 Å². The molecule has 0 unspecified atom stereocenters. The van der Waals surface area contributed by atoms with Crippen molar-refractivity contribution in [3.8, 4) is 0 Å². The van der Waals surface area contributed by atoms with Crippen molar-refractivity contribution in [2.24, 2.45) is 0 Å².